The van der Waals surface area contributed by atoms with E-state index < -0.39 is 28.7 Å². The molecule has 0 bridgehead atoms. The molecule has 0 radical (unpaired) electrons. The summed E-state index contributed by atoms with van der Waals surface area (Å²) in [4.78, 5) is 0. The van der Waals surface area contributed by atoms with Gasteiger partial charge in [-0.15, -0.1) is 11.3 Å². The highest BCUT2D eigenvalue weighted by Crippen LogP contribution is 2.35. The van der Waals surface area contributed by atoms with Crippen molar-refractivity contribution in [1.29, 1.82) is 0 Å². The second-order valence-corrected chi connectivity index (χ2v) is 7.52. The first kappa shape index (κ1) is 14.6. The molecule has 1 saturated heterocycles. The normalized spacial score (nSPS) is 22.6. The van der Waals surface area contributed by atoms with E-state index in [1.807, 2.05) is 0 Å². The van der Waals surface area contributed by atoms with E-state index in [1.54, 1.807) is 0 Å². The second-order valence-electron chi connectivity index (χ2n) is 4.44. The maximum atomic E-state index is 12.7. The topological polar surface area (TPSA) is 63.4 Å². The third-order valence-corrected chi connectivity index (χ3v) is 6.34. The van der Waals surface area contributed by atoms with Gasteiger partial charge in [-0.1, -0.05) is 0 Å². The molecule has 4 nitrogen and oxygen atoms in total. The lowest BCUT2D eigenvalue weighted by Gasteiger charge is -2.32. The zero-order valence-electron chi connectivity index (χ0n) is 9.85. The lowest BCUT2D eigenvalue weighted by atomic mass is 9.99. The number of halogens is 3. The summed E-state index contributed by atoms with van der Waals surface area (Å²) in [5.74, 6) is -1.59. The SMILES string of the molecule is Nc1csc(S(=O)(=O)N2CCCC(C(F)(F)F)C2)c1. The van der Waals surface area contributed by atoms with Gasteiger partial charge in [0.05, 0.1) is 5.92 Å². The number of alkyl halides is 3. The van der Waals surface area contributed by atoms with Crippen LogP contribution in [0.3, 0.4) is 0 Å². The smallest absolute Gasteiger partial charge is 0.393 e. The van der Waals surface area contributed by atoms with Crippen LogP contribution in [0.4, 0.5) is 18.9 Å². The van der Waals surface area contributed by atoms with Crippen molar-refractivity contribution in [3.63, 3.8) is 0 Å². The van der Waals surface area contributed by atoms with E-state index in [-0.39, 0.29) is 23.6 Å². The van der Waals surface area contributed by atoms with Gasteiger partial charge < -0.3 is 5.73 Å². The summed E-state index contributed by atoms with van der Waals surface area (Å²) in [6.07, 6.45) is -4.17. The highest BCUT2D eigenvalue weighted by Gasteiger charge is 2.44. The van der Waals surface area contributed by atoms with Crippen molar-refractivity contribution in [2.75, 3.05) is 18.8 Å². The fourth-order valence-electron chi connectivity index (χ4n) is 2.02. The molecule has 1 aliphatic heterocycles. The predicted octanol–water partition coefficient (Wildman–Crippen LogP) is 2.29. The van der Waals surface area contributed by atoms with Crippen molar-refractivity contribution in [2.45, 2.75) is 23.2 Å². The van der Waals surface area contributed by atoms with E-state index in [9.17, 15) is 21.6 Å². The Morgan fingerprint density at radius 1 is 1.42 bits per heavy atom. The Morgan fingerprint density at radius 2 is 2.11 bits per heavy atom. The lowest BCUT2D eigenvalue weighted by molar-refractivity contribution is -0.182. The minimum Gasteiger partial charge on any atom is -0.398 e. The quantitative estimate of drug-likeness (QED) is 0.911. The van der Waals surface area contributed by atoms with Crippen molar-refractivity contribution >= 4 is 27.0 Å². The molecule has 19 heavy (non-hydrogen) atoms. The van der Waals surface area contributed by atoms with Gasteiger partial charge in [0.25, 0.3) is 10.0 Å². The molecule has 9 heteroatoms. The van der Waals surface area contributed by atoms with Crippen LogP contribution in [-0.2, 0) is 10.0 Å². The van der Waals surface area contributed by atoms with Gasteiger partial charge in [-0.25, -0.2) is 8.42 Å². The van der Waals surface area contributed by atoms with E-state index in [2.05, 4.69) is 0 Å². The first-order valence-electron chi connectivity index (χ1n) is 5.62. The van der Waals surface area contributed by atoms with Crippen LogP contribution in [0.2, 0.25) is 0 Å². The summed E-state index contributed by atoms with van der Waals surface area (Å²) < 4.78 is 63.3. The Morgan fingerprint density at radius 3 is 2.63 bits per heavy atom. The van der Waals surface area contributed by atoms with E-state index in [1.165, 1.54) is 11.4 Å². The number of rotatable bonds is 2. The van der Waals surface area contributed by atoms with Crippen molar-refractivity contribution in [3.05, 3.63) is 11.4 Å². The average Bonchev–Trinajstić information content (AvgIpc) is 2.76. The summed E-state index contributed by atoms with van der Waals surface area (Å²) >= 11 is 0.923. The molecule has 0 amide bonds. The molecule has 1 aromatic heterocycles. The predicted molar refractivity (Wildman–Crippen MR) is 66.3 cm³/mol. The molecule has 1 unspecified atom stereocenters. The van der Waals surface area contributed by atoms with Crippen LogP contribution < -0.4 is 5.73 Å². The van der Waals surface area contributed by atoms with Gasteiger partial charge in [-0.2, -0.15) is 17.5 Å². The number of nitrogens with two attached hydrogens (primary N) is 1. The molecule has 2 N–H and O–H groups in total. The number of nitrogens with zero attached hydrogens (tertiary/aromatic N) is 1. The van der Waals surface area contributed by atoms with E-state index >= 15 is 0 Å². The fraction of sp³-hybridized carbons (Fsp3) is 0.600. The number of hydrogen-bond acceptors (Lipinski definition) is 4. The maximum absolute atomic E-state index is 12.7. The summed E-state index contributed by atoms with van der Waals surface area (Å²) in [7, 11) is -3.86. The highest BCUT2D eigenvalue weighted by molar-refractivity contribution is 7.91. The zero-order chi connectivity index (χ0) is 14.3. The monoisotopic (exact) mass is 314 g/mol. The number of anilines is 1. The van der Waals surface area contributed by atoms with Gasteiger partial charge >= 0.3 is 6.18 Å². The van der Waals surface area contributed by atoms with Crippen LogP contribution in [0.1, 0.15) is 12.8 Å². The third kappa shape index (κ3) is 3.03. The van der Waals surface area contributed by atoms with Crippen LogP contribution in [0.15, 0.2) is 15.7 Å². The Bertz CT molecular complexity index is 553. The number of piperidine rings is 1. The van der Waals surface area contributed by atoms with Crippen LogP contribution in [0.5, 0.6) is 0 Å². The average molecular weight is 314 g/mol. The zero-order valence-corrected chi connectivity index (χ0v) is 11.5. The number of thiophene rings is 1. The van der Waals surface area contributed by atoms with Crippen LogP contribution in [-0.4, -0.2) is 32.0 Å². The largest absolute Gasteiger partial charge is 0.398 e. The minimum atomic E-state index is -4.36. The molecule has 1 atom stereocenters. The maximum Gasteiger partial charge on any atom is 0.393 e. The standard InChI is InChI=1S/C10H13F3N2O2S2/c11-10(12,13)7-2-1-3-15(5-7)19(16,17)9-4-8(14)6-18-9/h4,6-7H,1-3,5,14H2. The third-order valence-electron chi connectivity index (χ3n) is 3.04. The van der Waals surface area contributed by atoms with Gasteiger partial charge in [0.2, 0.25) is 0 Å². The minimum absolute atomic E-state index is 0.00664. The van der Waals surface area contributed by atoms with Gasteiger partial charge in [-0.05, 0) is 18.9 Å². The molecule has 0 aliphatic carbocycles. The first-order valence-corrected chi connectivity index (χ1v) is 7.94. The van der Waals surface area contributed by atoms with Crippen molar-refractivity contribution in [2.24, 2.45) is 5.92 Å². The number of nitrogen functional groups attached to an aromatic ring is 1. The molecule has 2 rings (SSSR count). The molecule has 0 spiro atoms. The van der Waals surface area contributed by atoms with Crippen molar-refractivity contribution in [3.8, 4) is 0 Å². The van der Waals surface area contributed by atoms with Gasteiger partial charge in [0.15, 0.2) is 0 Å². The summed E-state index contributed by atoms with van der Waals surface area (Å²) in [6.45, 7) is -0.393. The van der Waals surface area contributed by atoms with Crippen LogP contribution >= 0.6 is 11.3 Å². The number of hydrogen-bond donors (Lipinski definition) is 1. The van der Waals surface area contributed by atoms with Crippen LogP contribution in [0, 0.1) is 5.92 Å². The van der Waals surface area contributed by atoms with E-state index in [0.717, 1.165) is 15.6 Å². The molecular formula is C10H13F3N2O2S2. The molecule has 0 aromatic carbocycles. The summed E-state index contributed by atoms with van der Waals surface area (Å²) in [5.41, 5.74) is 5.75. The van der Waals surface area contributed by atoms with Gasteiger partial charge in [0, 0.05) is 24.2 Å². The van der Waals surface area contributed by atoms with E-state index in [0.29, 0.717) is 5.69 Å². The molecule has 1 aromatic rings. The summed E-state index contributed by atoms with van der Waals surface area (Å²) in [5, 5.41) is 1.46. The summed E-state index contributed by atoms with van der Waals surface area (Å²) in [6, 6.07) is 1.28. The van der Waals surface area contributed by atoms with Gasteiger partial charge in [-0.3, -0.25) is 0 Å². The molecule has 1 aliphatic rings. The Hall–Kier alpha value is -0.800. The van der Waals surface area contributed by atoms with Gasteiger partial charge in [0.1, 0.15) is 4.21 Å². The number of sulfonamides is 1. The second kappa shape index (κ2) is 4.95. The highest BCUT2D eigenvalue weighted by atomic mass is 32.2. The molecule has 0 saturated carbocycles. The lowest BCUT2D eigenvalue weighted by Crippen LogP contribution is -2.44. The van der Waals surface area contributed by atoms with Crippen LogP contribution in [0.25, 0.3) is 0 Å². The first-order chi connectivity index (χ1) is 8.71. The Labute approximate surface area is 113 Å². The molecule has 108 valence electrons. The fourth-order valence-corrected chi connectivity index (χ4v) is 4.78. The van der Waals surface area contributed by atoms with Crippen molar-refractivity contribution < 1.29 is 21.6 Å². The molecule has 2 heterocycles. The van der Waals surface area contributed by atoms with E-state index in [4.69, 9.17) is 5.73 Å². The Balaban J connectivity index is 2.22. The Kier molecular flexibility index (Phi) is 3.80. The molecule has 1 fully saturated rings. The van der Waals surface area contributed by atoms with Crippen molar-refractivity contribution in [1.82, 2.24) is 4.31 Å². The molecular weight excluding hydrogens is 301 g/mol.